The van der Waals surface area contributed by atoms with E-state index in [0.717, 1.165) is 17.5 Å². The van der Waals surface area contributed by atoms with Crippen LogP contribution in [0.5, 0.6) is 0 Å². The number of allylic oxidation sites excluding steroid dienone is 1. The number of Topliss-reactive ketones (excluding diaryl/α,β-unsaturated/α-hetero) is 1. The molecule has 2 rings (SSSR count). The van der Waals surface area contributed by atoms with Crippen molar-refractivity contribution in [2.24, 2.45) is 0 Å². The number of hydrogen-bond donors (Lipinski definition) is 0. The van der Waals surface area contributed by atoms with Gasteiger partial charge in [0, 0.05) is 12.6 Å². The number of rotatable bonds is 4. The van der Waals surface area contributed by atoms with Gasteiger partial charge >= 0.3 is 0 Å². The smallest absolute Gasteiger partial charge is 0.170 e. The van der Waals surface area contributed by atoms with E-state index in [9.17, 15) is 4.79 Å². The Labute approximate surface area is 94.4 Å². The molecule has 0 spiro atoms. The van der Waals surface area contributed by atoms with E-state index in [2.05, 4.69) is 11.7 Å². The Balaban J connectivity index is 2.33. The average molecular weight is 214 g/mol. The fourth-order valence-corrected chi connectivity index (χ4v) is 1.60. The second kappa shape index (κ2) is 4.31. The summed E-state index contributed by atoms with van der Waals surface area (Å²) in [5.74, 6) is 0.0908. The lowest BCUT2D eigenvalue weighted by Crippen LogP contribution is -1.99. The lowest BCUT2D eigenvalue weighted by Gasteiger charge is -2.00. The molecule has 2 aromatic rings. The van der Waals surface area contributed by atoms with Crippen molar-refractivity contribution in [2.45, 2.75) is 19.8 Å². The second-order valence-corrected chi connectivity index (χ2v) is 3.79. The van der Waals surface area contributed by atoms with Gasteiger partial charge in [-0.25, -0.2) is 4.52 Å². The van der Waals surface area contributed by atoms with Crippen LogP contribution in [-0.2, 0) is 0 Å². The Kier molecular flexibility index (Phi) is 2.86. The largest absolute Gasteiger partial charge is 0.294 e. The molecule has 0 saturated carbocycles. The monoisotopic (exact) mass is 214 g/mol. The number of fused-ring (bicyclic) bond motifs is 1. The molecule has 2 heterocycles. The van der Waals surface area contributed by atoms with Crippen LogP contribution in [0, 0.1) is 0 Å². The third-order valence-electron chi connectivity index (χ3n) is 2.64. The van der Waals surface area contributed by atoms with E-state index in [-0.39, 0.29) is 5.78 Å². The number of carbonyl (C=O) groups excluding carboxylic acids is 1. The predicted molar refractivity (Wildman–Crippen MR) is 63.6 cm³/mol. The van der Waals surface area contributed by atoms with E-state index in [0.29, 0.717) is 12.0 Å². The third kappa shape index (κ3) is 1.89. The molecule has 0 aliphatic heterocycles. The quantitative estimate of drug-likeness (QED) is 0.579. The first-order valence-electron chi connectivity index (χ1n) is 5.34. The normalized spacial score (nSPS) is 10.6. The highest BCUT2D eigenvalue weighted by atomic mass is 16.1. The molecule has 2 aromatic heterocycles. The van der Waals surface area contributed by atoms with Gasteiger partial charge in [0.2, 0.25) is 0 Å². The van der Waals surface area contributed by atoms with Gasteiger partial charge in [0.15, 0.2) is 5.78 Å². The van der Waals surface area contributed by atoms with Crippen molar-refractivity contribution in [3.05, 3.63) is 48.3 Å². The minimum absolute atomic E-state index is 0.0908. The lowest BCUT2D eigenvalue weighted by molar-refractivity contribution is 0.0994. The van der Waals surface area contributed by atoms with Gasteiger partial charge in [-0.1, -0.05) is 25.1 Å². The highest BCUT2D eigenvalue weighted by Gasteiger charge is 2.12. The van der Waals surface area contributed by atoms with E-state index in [4.69, 9.17) is 0 Å². The standard InChI is InChI=1S/C13H14N2O/c1-3-10(2)8-13(16)11-9-14-15-7-5-4-6-12(11)15/h4-7,9H,2-3,8H2,1H3. The summed E-state index contributed by atoms with van der Waals surface area (Å²) < 4.78 is 1.71. The van der Waals surface area contributed by atoms with E-state index in [1.54, 1.807) is 10.7 Å². The minimum atomic E-state index is 0.0908. The van der Waals surface area contributed by atoms with E-state index >= 15 is 0 Å². The fraction of sp³-hybridized carbons (Fsp3) is 0.231. The molecule has 0 amide bonds. The summed E-state index contributed by atoms with van der Waals surface area (Å²) >= 11 is 0. The SMILES string of the molecule is C=C(CC)CC(=O)c1cnn2ccccc12. The van der Waals surface area contributed by atoms with Crippen molar-refractivity contribution in [3.8, 4) is 0 Å². The molecule has 0 aromatic carbocycles. The van der Waals surface area contributed by atoms with Crippen LogP contribution >= 0.6 is 0 Å². The second-order valence-electron chi connectivity index (χ2n) is 3.79. The Hall–Kier alpha value is -1.90. The zero-order valence-electron chi connectivity index (χ0n) is 9.31. The van der Waals surface area contributed by atoms with Crippen LogP contribution < -0.4 is 0 Å². The molecule has 3 nitrogen and oxygen atoms in total. The zero-order valence-corrected chi connectivity index (χ0v) is 9.31. The fourth-order valence-electron chi connectivity index (χ4n) is 1.60. The summed E-state index contributed by atoms with van der Waals surface area (Å²) in [4.78, 5) is 12.0. The van der Waals surface area contributed by atoms with Gasteiger partial charge in [0.1, 0.15) is 0 Å². The molecular formula is C13H14N2O. The molecule has 0 aliphatic rings. The Bertz CT molecular complexity index is 540. The van der Waals surface area contributed by atoms with Gasteiger partial charge in [-0.05, 0) is 18.6 Å². The molecule has 0 radical (unpaired) electrons. The highest BCUT2D eigenvalue weighted by molar-refractivity contribution is 6.03. The van der Waals surface area contributed by atoms with Gasteiger partial charge < -0.3 is 0 Å². The first-order chi connectivity index (χ1) is 7.72. The van der Waals surface area contributed by atoms with Crippen molar-refractivity contribution in [3.63, 3.8) is 0 Å². The maximum Gasteiger partial charge on any atom is 0.170 e. The maximum atomic E-state index is 12.0. The van der Waals surface area contributed by atoms with Crippen molar-refractivity contribution < 1.29 is 4.79 Å². The van der Waals surface area contributed by atoms with Crippen LogP contribution in [0.15, 0.2) is 42.7 Å². The van der Waals surface area contributed by atoms with Crippen LogP contribution in [0.2, 0.25) is 0 Å². The van der Waals surface area contributed by atoms with Crippen molar-refractivity contribution in [1.82, 2.24) is 9.61 Å². The van der Waals surface area contributed by atoms with Gasteiger partial charge in [-0.3, -0.25) is 4.79 Å². The minimum Gasteiger partial charge on any atom is -0.294 e. The van der Waals surface area contributed by atoms with Crippen molar-refractivity contribution >= 4 is 11.3 Å². The third-order valence-corrected chi connectivity index (χ3v) is 2.64. The summed E-state index contributed by atoms with van der Waals surface area (Å²) in [5.41, 5.74) is 2.49. The Morgan fingerprint density at radius 3 is 3.06 bits per heavy atom. The molecule has 0 fully saturated rings. The number of aromatic nitrogens is 2. The number of nitrogens with zero attached hydrogens (tertiary/aromatic N) is 2. The molecule has 0 N–H and O–H groups in total. The topological polar surface area (TPSA) is 34.4 Å². The van der Waals surface area contributed by atoms with Gasteiger partial charge in [-0.15, -0.1) is 0 Å². The molecule has 3 heteroatoms. The van der Waals surface area contributed by atoms with Crippen molar-refractivity contribution in [1.29, 1.82) is 0 Å². The number of pyridine rings is 1. The average Bonchev–Trinajstić information content (AvgIpc) is 2.72. The Morgan fingerprint density at radius 1 is 1.50 bits per heavy atom. The number of carbonyl (C=O) groups is 1. The maximum absolute atomic E-state index is 12.0. The summed E-state index contributed by atoms with van der Waals surface area (Å²) in [6.07, 6.45) is 4.71. The van der Waals surface area contributed by atoms with E-state index in [1.165, 1.54) is 0 Å². The van der Waals surface area contributed by atoms with Gasteiger partial charge in [0.05, 0.1) is 17.3 Å². The summed E-state index contributed by atoms with van der Waals surface area (Å²) in [5, 5.41) is 4.14. The molecule has 0 atom stereocenters. The van der Waals surface area contributed by atoms with Gasteiger partial charge in [-0.2, -0.15) is 5.10 Å². The van der Waals surface area contributed by atoms with Crippen LogP contribution in [0.3, 0.4) is 0 Å². The number of ketones is 1. The molecule has 16 heavy (non-hydrogen) atoms. The summed E-state index contributed by atoms with van der Waals surface area (Å²) in [6, 6.07) is 5.69. The van der Waals surface area contributed by atoms with Crippen molar-refractivity contribution in [2.75, 3.05) is 0 Å². The lowest BCUT2D eigenvalue weighted by atomic mass is 10.0. The van der Waals surface area contributed by atoms with E-state index < -0.39 is 0 Å². The Morgan fingerprint density at radius 2 is 2.31 bits per heavy atom. The predicted octanol–water partition coefficient (Wildman–Crippen LogP) is 2.87. The van der Waals surface area contributed by atoms with Crippen LogP contribution in [0.25, 0.3) is 5.52 Å². The van der Waals surface area contributed by atoms with Crippen LogP contribution in [0.1, 0.15) is 30.1 Å². The first-order valence-corrected chi connectivity index (χ1v) is 5.34. The first kappa shape index (κ1) is 10.6. The molecule has 0 unspecified atom stereocenters. The summed E-state index contributed by atoms with van der Waals surface area (Å²) in [7, 11) is 0. The molecule has 0 aliphatic carbocycles. The molecule has 0 bridgehead atoms. The summed E-state index contributed by atoms with van der Waals surface area (Å²) in [6.45, 7) is 5.86. The van der Waals surface area contributed by atoms with Crippen LogP contribution in [0.4, 0.5) is 0 Å². The van der Waals surface area contributed by atoms with Gasteiger partial charge in [0.25, 0.3) is 0 Å². The molecule has 0 saturated heterocycles. The zero-order chi connectivity index (χ0) is 11.5. The number of hydrogen-bond acceptors (Lipinski definition) is 2. The molecular weight excluding hydrogens is 200 g/mol. The highest BCUT2D eigenvalue weighted by Crippen LogP contribution is 2.15. The molecule has 82 valence electrons. The van der Waals surface area contributed by atoms with Crippen LogP contribution in [-0.4, -0.2) is 15.4 Å². The van der Waals surface area contributed by atoms with E-state index in [1.807, 2.05) is 31.3 Å².